The third-order valence-electron chi connectivity index (χ3n) is 6.38. The van der Waals surface area contributed by atoms with E-state index >= 15 is 0 Å². The zero-order valence-corrected chi connectivity index (χ0v) is 17.6. The van der Waals surface area contributed by atoms with Crippen LogP contribution in [0.25, 0.3) is 0 Å². The van der Waals surface area contributed by atoms with E-state index in [2.05, 4.69) is 4.98 Å². The van der Waals surface area contributed by atoms with Crippen molar-refractivity contribution < 1.29 is 18.8 Å². The van der Waals surface area contributed by atoms with Gasteiger partial charge in [-0.25, -0.2) is 9.37 Å². The molecule has 1 saturated carbocycles. The Labute approximate surface area is 177 Å². The van der Waals surface area contributed by atoms with Gasteiger partial charge in [0.15, 0.2) is 0 Å². The average Bonchev–Trinajstić information content (AvgIpc) is 3.45. The number of ether oxygens (including phenoxy) is 1. The Bertz CT molecular complexity index is 828. The van der Waals surface area contributed by atoms with Crippen LogP contribution < -0.4 is 4.90 Å². The first kappa shape index (κ1) is 21.0. The molecule has 1 saturated heterocycles. The molecule has 1 N–H and O–H groups in total. The molecule has 1 aromatic carbocycles. The largest absolute Gasteiger partial charge is 0.370 e. The molecule has 0 radical (unpaired) electrons. The van der Waals surface area contributed by atoms with E-state index in [0.29, 0.717) is 18.7 Å². The number of quaternary nitrogens is 1. The van der Waals surface area contributed by atoms with Crippen LogP contribution in [0.3, 0.4) is 0 Å². The van der Waals surface area contributed by atoms with Gasteiger partial charge in [-0.3, -0.25) is 4.79 Å². The number of morpholine rings is 1. The molecule has 162 valence electrons. The number of hydrogen-bond acceptors (Lipinski definition) is 3. The summed E-state index contributed by atoms with van der Waals surface area (Å²) in [4.78, 5) is 21.2. The molecule has 30 heavy (non-hydrogen) atoms. The fourth-order valence-corrected chi connectivity index (χ4v) is 4.52. The number of rotatable bonds is 8. The number of imidazole rings is 1. The Balaban J connectivity index is 1.46. The Morgan fingerprint density at radius 1 is 1.23 bits per heavy atom. The first-order chi connectivity index (χ1) is 14.7. The van der Waals surface area contributed by atoms with Crippen LogP contribution in [0.4, 0.5) is 4.39 Å². The number of nitrogens with zero attached hydrogens (tertiary/aromatic N) is 3. The summed E-state index contributed by atoms with van der Waals surface area (Å²) in [6.07, 6.45) is 7.86. The van der Waals surface area contributed by atoms with Crippen molar-refractivity contribution in [3.63, 3.8) is 0 Å². The van der Waals surface area contributed by atoms with Crippen LogP contribution in [-0.4, -0.2) is 59.8 Å². The lowest BCUT2D eigenvalue weighted by Gasteiger charge is -2.29. The minimum absolute atomic E-state index is 0.139. The van der Waals surface area contributed by atoms with E-state index in [4.69, 9.17) is 4.74 Å². The maximum Gasteiger partial charge on any atom is 0.226 e. The summed E-state index contributed by atoms with van der Waals surface area (Å²) in [5.41, 5.74) is 0.628. The van der Waals surface area contributed by atoms with Crippen LogP contribution in [0.15, 0.2) is 36.7 Å². The quantitative estimate of drug-likeness (QED) is 0.711. The van der Waals surface area contributed by atoms with Crippen molar-refractivity contribution in [2.75, 3.05) is 39.4 Å². The number of benzene rings is 1. The summed E-state index contributed by atoms with van der Waals surface area (Å²) < 4.78 is 21.5. The summed E-state index contributed by atoms with van der Waals surface area (Å²) in [7, 11) is 0. The Morgan fingerprint density at radius 3 is 2.77 bits per heavy atom. The third kappa shape index (κ3) is 5.26. The van der Waals surface area contributed by atoms with Crippen molar-refractivity contribution in [3.8, 4) is 0 Å². The van der Waals surface area contributed by atoms with Crippen LogP contribution in [-0.2, 0) is 22.6 Å². The highest BCUT2D eigenvalue weighted by Gasteiger charge is 2.29. The van der Waals surface area contributed by atoms with Crippen molar-refractivity contribution in [2.24, 2.45) is 5.92 Å². The van der Waals surface area contributed by atoms with E-state index in [1.165, 1.54) is 11.0 Å². The van der Waals surface area contributed by atoms with Gasteiger partial charge in [-0.15, -0.1) is 0 Å². The van der Waals surface area contributed by atoms with E-state index in [-0.39, 0.29) is 17.6 Å². The lowest BCUT2D eigenvalue weighted by Crippen LogP contribution is -3.14. The van der Waals surface area contributed by atoms with Gasteiger partial charge < -0.3 is 19.1 Å². The molecule has 1 aliphatic carbocycles. The minimum Gasteiger partial charge on any atom is -0.370 e. The van der Waals surface area contributed by atoms with Gasteiger partial charge >= 0.3 is 0 Å². The standard InChI is InChI=1S/C23H31FN4O2/c24-21-8-4-3-7-20(21)17-27-10-9-25-22(27)18-28(23(29)19-5-1-2-6-19)12-11-26-13-15-30-16-14-26/h3-4,7-10,19H,1-2,5-6,11-18H2/p+1. The first-order valence-corrected chi connectivity index (χ1v) is 11.1. The van der Waals surface area contributed by atoms with E-state index < -0.39 is 0 Å². The zero-order chi connectivity index (χ0) is 20.8. The Morgan fingerprint density at radius 2 is 2.00 bits per heavy atom. The lowest BCUT2D eigenvalue weighted by atomic mass is 10.1. The maximum atomic E-state index is 14.1. The molecule has 2 fully saturated rings. The highest BCUT2D eigenvalue weighted by Crippen LogP contribution is 2.27. The molecule has 2 heterocycles. The summed E-state index contributed by atoms with van der Waals surface area (Å²) in [6, 6.07) is 6.81. The molecule has 1 aliphatic heterocycles. The SMILES string of the molecule is O=C(C1CCCC1)N(CC[NH+]1CCOCC1)Cc1nccn1Cc1ccccc1F. The topological polar surface area (TPSA) is 51.8 Å². The van der Waals surface area contributed by atoms with Crippen LogP contribution in [0, 0.1) is 11.7 Å². The molecule has 1 amide bonds. The smallest absolute Gasteiger partial charge is 0.226 e. The Kier molecular flexibility index (Phi) is 7.12. The number of nitrogens with one attached hydrogen (secondary N) is 1. The molecular weight excluding hydrogens is 383 g/mol. The molecule has 7 heteroatoms. The molecule has 2 aromatic rings. The van der Waals surface area contributed by atoms with Gasteiger partial charge in [-0.05, 0) is 18.9 Å². The molecule has 0 bridgehead atoms. The predicted octanol–water partition coefficient (Wildman–Crippen LogP) is 1.50. The highest BCUT2D eigenvalue weighted by atomic mass is 19.1. The van der Waals surface area contributed by atoms with Gasteiger partial charge in [0.1, 0.15) is 24.7 Å². The number of carbonyl (C=O) groups excluding carboxylic acids is 1. The molecule has 0 unspecified atom stereocenters. The maximum absolute atomic E-state index is 14.1. The zero-order valence-electron chi connectivity index (χ0n) is 17.6. The lowest BCUT2D eigenvalue weighted by molar-refractivity contribution is -0.907. The molecule has 2 aliphatic rings. The van der Waals surface area contributed by atoms with Crippen molar-refractivity contribution in [1.29, 1.82) is 0 Å². The number of amides is 1. The van der Waals surface area contributed by atoms with E-state index in [1.807, 2.05) is 21.7 Å². The molecule has 6 nitrogen and oxygen atoms in total. The monoisotopic (exact) mass is 415 g/mol. The molecule has 4 rings (SSSR count). The van der Waals surface area contributed by atoms with Gasteiger partial charge in [0.25, 0.3) is 0 Å². The van der Waals surface area contributed by atoms with Crippen LogP contribution in [0.5, 0.6) is 0 Å². The summed E-state index contributed by atoms with van der Waals surface area (Å²) in [5, 5.41) is 0. The number of halogens is 1. The van der Waals surface area contributed by atoms with Gasteiger partial charge in [-0.1, -0.05) is 31.0 Å². The van der Waals surface area contributed by atoms with Gasteiger partial charge in [-0.2, -0.15) is 0 Å². The van der Waals surface area contributed by atoms with Crippen LogP contribution in [0.1, 0.15) is 37.1 Å². The summed E-state index contributed by atoms with van der Waals surface area (Å²) >= 11 is 0. The summed E-state index contributed by atoms with van der Waals surface area (Å²) in [5.74, 6) is 0.980. The fourth-order valence-electron chi connectivity index (χ4n) is 4.52. The average molecular weight is 416 g/mol. The predicted molar refractivity (Wildman–Crippen MR) is 111 cm³/mol. The normalized spacial score (nSPS) is 18.0. The number of carbonyl (C=O) groups is 1. The minimum atomic E-state index is -0.216. The van der Waals surface area contributed by atoms with Crippen molar-refractivity contribution in [3.05, 3.63) is 53.9 Å². The highest BCUT2D eigenvalue weighted by molar-refractivity contribution is 5.79. The van der Waals surface area contributed by atoms with Crippen molar-refractivity contribution >= 4 is 5.91 Å². The fraction of sp³-hybridized carbons (Fsp3) is 0.565. The second-order valence-electron chi connectivity index (χ2n) is 8.42. The van der Waals surface area contributed by atoms with E-state index in [1.54, 1.807) is 18.3 Å². The molecular formula is C23H32FN4O2+. The molecule has 0 spiro atoms. The molecule has 0 atom stereocenters. The summed E-state index contributed by atoms with van der Waals surface area (Å²) in [6.45, 7) is 6.11. The van der Waals surface area contributed by atoms with Crippen LogP contribution >= 0.6 is 0 Å². The van der Waals surface area contributed by atoms with Gasteiger partial charge in [0.2, 0.25) is 5.91 Å². The third-order valence-corrected chi connectivity index (χ3v) is 6.38. The molecule has 1 aromatic heterocycles. The second kappa shape index (κ2) is 10.2. The van der Waals surface area contributed by atoms with Gasteiger partial charge in [0, 0.05) is 23.9 Å². The van der Waals surface area contributed by atoms with E-state index in [9.17, 15) is 9.18 Å². The first-order valence-electron chi connectivity index (χ1n) is 11.1. The van der Waals surface area contributed by atoms with Crippen molar-refractivity contribution in [2.45, 2.75) is 38.8 Å². The van der Waals surface area contributed by atoms with Crippen LogP contribution in [0.2, 0.25) is 0 Å². The van der Waals surface area contributed by atoms with Crippen molar-refractivity contribution in [1.82, 2.24) is 14.5 Å². The number of aromatic nitrogens is 2. The number of hydrogen-bond donors (Lipinski definition) is 1. The van der Waals surface area contributed by atoms with Gasteiger partial charge in [0.05, 0.1) is 39.4 Å². The Hall–Kier alpha value is -2.25. The van der Waals surface area contributed by atoms with E-state index in [0.717, 1.165) is 70.9 Å². The second-order valence-corrected chi connectivity index (χ2v) is 8.42.